The molecule has 0 spiro atoms. The number of rotatable bonds is 5. The maximum atomic E-state index is 13.5. The maximum Gasteiger partial charge on any atom is 0.165 e. The van der Waals surface area contributed by atoms with Crippen LogP contribution in [0.3, 0.4) is 0 Å². The summed E-state index contributed by atoms with van der Waals surface area (Å²) in [4.78, 5) is 0. The molecule has 0 atom stereocenters. The molecule has 1 aromatic heterocycles. The first-order valence-electron chi connectivity index (χ1n) is 5.64. The zero-order valence-corrected chi connectivity index (χ0v) is 11.1. The molecule has 0 saturated heterocycles. The maximum absolute atomic E-state index is 13.5. The number of halogens is 1. The van der Waals surface area contributed by atoms with Crippen LogP contribution in [0.15, 0.2) is 18.2 Å². The molecule has 0 aliphatic carbocycles. The van der Waals surface area contributed by atoms with Crippen molar-refractivity contribution in [2.75, 3.05) is 11.9 Å². The summed E-state index contributed by atoms with van der Waals surface area (Å²) in [5.41, 5.74) is 1.65. The first kappa shape index (κ1) is 12.8. The van der Waals surface area contributed by atoms with Gasteiger partial charge in [0, 0.05) is 18.1 Å². The van der Waals surface area contributed by atoms with Gasteiger partial charge in [-0.15, -0.1) is 5.10 Å². The number of anilines is 1. The van der Waals surface area contributed by atoms with Crippen LogP contribution in [-0.2, 0) is 6.61 Å². The van der Waals surface area contributed by atoms with Crippen molar-refractivity contribution < 1.29 is 9.13 Å². The molecule has 4 nitrogen and oxygen atoms in total. The summed E-state index contributed by atoms with van der Waals surface area (Å²) < 4.78 is 22.8. The quantitative estimate of drug-likeness (QED) is 0.904. The van der Waals surface area contributed by atoms with E-state index in [-0.39, 0.29) is 18.2 Å². The molecule has 0 amide bonds. The Labute approximate surface area is 109 Å². The minimum absolute atomic E-state index is 0.208. The van der Waals surface area contributed by atoms with E-state index in [9.17, 15) is 4.39 Å². The fourth-order valence-electron chi connectivity index (χ4n) is 1.47. The standard InChI is InChI=1S/C12H14FN3OS/c1-3-14-12-10(15-16-18-12)7-17-11-6-8(2)4-5-9(11)13/h4-6,14H,3,7H2,1-2H3. The van der Waals surface area contributed by atoms with Crippen molar-refractivity contribution in [2.24, 2.45) is 0 Å². The number of aryl methyl sites for hydroxylation is 1. The van der Waals surface area contributed by atoms with Crippen molar-refractivity contribution in [3.8, 4) is 5.75 Å². The fraction of sp³-hybridized carbons (Fsp3) is 0.333. The number of ether oxygens (including phenoxy) is 1. The second-order valence-electron chi connectivity index (χ2n) is 3.80. The molecular formula is C12H14FN3OS. The summed E-state index contributed by atoms with van der Waals surface area (Å²) in [6, 6.07) is 4.77. The summed E-state index contributed by atoms with van der Waals surface area (Å²) >= 11 is 1.27. The number of benzene rings is 1. The SMILES string of the molecule is CCNc1snnc1COc1cc(C)ccc1F. The van der Waals surface area contributed by atoms with E-state index < -0.39 is 0 Å². The lowest BCUT2D eigenvalue weighted by molar-refractivity contribution is 0.286. The van der Waals surface area contributed by atoms with Crippen LogP contribution in [0.25, 0.3) is 0 Å². The fourth-order valence-corrected chi connectivity index (χ4v) is 2.10. The lowest BCUT2D eigenvalue weighted by Crippen LogP contribution is -2.03. The topological polar surface area (TPSA) is 47.0 Å². The number of aromatic nitrogens is 2. The normalized spacial score (nSPS) is 10.4. The molecule has 0 aliphatic rings. The van der Waals surface area contributed by atoms with Crippen LogP contribution in [-0.4, -0.2) is 16.1 Å². The molecule has 1 N–H and O–H groups in total. The Bertz CT molecular complexity index is 530. The highest BCUT2D eigenvalue weighted by atomic mass is 32.1. The van der Waals surface area contributed by atoms with E-state index in [2.05, 4.69) is 14.9 Å². The molecule has 6 heteroatoms. The molecule has 0 bridgehead atoms. The van der Waals surface area contributed by atoms with Crippen LogP contribution in [0.2, 0.25) is 0 Å². The van der Waals surface area contributed by atoms with Gasteiger partial charge in [-0.1, -0.05) is 10.6 Å². The largest absolute Gasteiger partial charge is 0.484 e. The van der Waals surface area contributed by atoms with Gasteiger partial charge in [0.25, 0.3) is 0 Å². The Kier molecular flexibility index (Phi) is 4.09. The Balaban J connectivity index is 2.06. The molecule has 2 rings (SSSR count). The molecule has 1 aromatic carbocycles. The molecule has 18 heavy (non-hydrogen) atoms. The van der Waals surface area contributed by atoms with E-state index >= 15 is 0 Å². The molecule has 0 saturated carbocycles. The first-order chi connectivity index (χ1) is 8.70. The predicted octanol–water partition coefficient (Wildman–Crippen LogP) is 3.00. The summed E-state index contributed by atoms with van der Waals surface area (Å²) in [6.07, 6.45) is 0. The van der Waals surface area contributed by atoms with Gasteiger partial charge in [0.15, 0.2) is 11.6 Å². The van der Waals surface area contributed by atoms with Gasteiger partial charge in [-0.2, -0.15) is 0 Å². The van der Waals surface area contributed by atoms with E-state index in [0.29, 0.717) is 5.69 Å². The van der Waals surface area contributed by atoms with E-state index in [1.54, 1.807) is 12.1 Å². The van der Waals surface area contributed by atoms with Gasteiger partial charge in [0.2, 0.25) is 0 Å². The Hall–Kier alpha value is -1.69. The van der Waals surface area contributed by atoms with E-state index in [4.69, 9.17) is 4.74 Å². The summed E-state index contributed by atoms with van der Waals surface area (Å²) in [5.74, 6) is -0.126. The van der Waals surface area contributed by atoms with Gasteiger partial charge in [-0.3, -0.25) is 0 Å². The van der Waals surface area contributed by atoms with Crippen molar-refractivity contribution in [2.45, 2.75) is 20.5 Å². The average molecular weight is 267 g/mol. The molecule has 1 heterocycles. The Morgan fingerprint density at radius 2 is 2.28 bits per heavy atom. The van der Waals surface area contributed by atoms with Crippen LogP contribution in [0.5, 0.6) is 5.75 Å². The molecule has 0 fully saturated rings. The van der Waals surface area contributed by atoms with Crippen LogP contribution in [0.4, 0.5) is 9.39 Å². The summed E-state index contributed by atoms with van der Waals surface area (Å²) in [5, 5.41) is 7.96. The first-order valence-corrected chi connectivity index (χ1v) is 6.42. The molecule has 96 valence electrons. The molecule has 2 aromatic rings. The van der Waals surface area contributed by atoms with Crippen molar-refractivity contribution in [1.29, 1.82) is 0 Å². The highest BCUT2D eigenvalue weighted by Gasteiger charge is 2.09. The van der Waals surface area contributed by atoms with E-state index in [1.165, 1.54) is 17.6 Å². The molecule has 0 unspecified atom stereocenters. The molecular weight excluding hydrogens is 253 g/mol. The smallest absolute Gasteiger partial charge is 0.165 e. The minimum Gasteiger partial charge on any atom is -0.484 e. The summed E-state index contributed by atoms with van der Waals surface area (Å²) in [7, 11) is 0. The number of hydrogen-bond donors (Lipinski definition) is 1. The van der Waals surface area contributed by atoms with Gasteiger partial charge in [0.1, 0.15) is 17.3 Å². The van der Waals surface area contributed by atoms with Gasteiger partial charge < -0.3 is 10.1 Å². The van der Waals surface area contributed by atoms with Crippen molar-refractivity contribution in [3.05, 3.63) is 35.3 Å². The average Bonchev–Trinajstić information content (AvgIpc) is 2.78. The Morgan fingerprint density at radius 1 is 1.44 bits per heavy atom. The van der Waals surface area contributed by atoms with Crippen LogP contribution >= 0.6 is 11.5 Å². The third-order valence-corrected chi connectivity index (χ3v) is 3.07. The van der Waals surface area contributed by atoms with Crippen LogP contribution in [0.1, 0.15) is 18.2 Å². The molecule has 0 aliphatic heterocycles. The zero-order valence-electron chi connectivity index (χ0n) is 10.2. The lowest BCUT2D eigenvalue weighted by Gasteiger charge is -2.07. The van der Waals surface area contributed by atoms with Crippen molar-refractivity contribution in [3.63, 3.8) is 0 Å². The minimum atomic E-state index is -0.367. The highest BCUT2D eigenvalue weighted by Crippen LogP contribution is 2.22. The Morgan fingerprint density at radius 3 is 3.06 bits per heavy atom. The second kappa shape index (κ2) is 5.77. The van der Waals surface area contributed by atoms with Crippen LogP contribution < -0.4 is 10.1 Å². The third kappa shape index (κ3) is 2.95. The van der Waals surface area contributed by atoms with Gasteiger partial charge in [0.05, 0.1) is 0 Å². The van der Waals surface area contributed by atoms with Gasteiger partial charge in [-0.25, -0.2) is 4.39 Å². The van der Waals surface area contributed by atoms with Gasteiger partial charge in [-0.05, 0) is 31.5 Å². The number of nitrogens with one attached hydrogen (secondary N) is 1. The predicted molar refractivity (Wildman–Crippen MR) is 69.5 cm³/mol. The molecule has 0 radical (unpaired) electrons. The second-order valence-corrected chi connectivity index (χ2v) is 4.56. The van der Waals surface area contributed by atoms with E-state index in [1.807, 2.05) is 13.8 Å². The number of hydrogen-bond acceptors (Lipinski definition) is 5. The van der Waals surface area contributed by atoms with Crippen LogP contribution in [0, 0.1) is 12.7 Å². The van der Waals surface area contributed by atoms with Crippen molar-refractivity contribution >= 4 is 16.5 Å². The monoisotopic (exact) mass is 267 g/mol. The highest BCUT2D eigenvalue weighted by molar-refractivity contribution is 7.10. The van der Waals surface area contributed by atoms with Crippen molar-refractivity contribution in [1.82, 2.24) is 9.59 Å². The summed E-state index contributed by atoms with van der Waals surface area (Å²) in [6.45, 7) is 4.88. The number of nitrogens with zero attached hydrogens (tertiary/aromatic N) is 2. The van der Waals surface area contributed by atoms with Gasteiger partial charge >= 0.3 is 0 Å². The van der Waals surface area contributed by atoms with E-state index in [0.717, 1.165) is 17.1 Å². The lowest BCUT2D eigenvalue weighted by atomic mass is 10.2. The third-order valence-electron chi connectivity index (χ3n) is 2.34. The zero-order chi connectivity index (χ0) is 13.0.